The number of hydrogen-bond donors (Lipinski definition) is 0. The molecule has 0 radical (unpaired) electrons. The minimum absolute atomic E-state index is 0.423. The van der Waals surface area contributed by atoms with E-state index in [4.69, 9.17) is 9.31 Å². The van der Waals surface area contributed by atoms with E-state index in [9.17, 15) is 4.39 Å². The molecule has 1 aromatic rings. The van der Waals surface area contributed by atoms with Gasteiger partial charge in [0.15, 0.2) is 0 Å². The summed E-state index contributed by atoms with van der Waals surface area (Å²) >= 11 is 0. The monoisotopic (exact) mass is 280 g/mol. The molecule has 1 aliphatic rings. The van der Waals surface area contributed by atoms with Crippen molar-refractivity contribution in [1.29, 1.82) is 0 Å². The molecule has 2 heterocycles. The van der Waals surface area contributed by atoms with Crippen LogP contribution in [0.25, 0.3) is 0 Å². The minimum Gasteiger partial charge on any atom is -0.399 e. The van der Waals surface area contributed by atoms with Crippen LogP contribution in [0.5, 0.6) is 0 Å². The van der Waals surface area contributed by atoms with Crippen molar-refractivity contribution < 1.29 is 13.7 Å². The van der Waals surface area contributed by atoms with Crippen molar-refractivity contribution in [3.05, 3.63) is 18.1 Å². The molecule has 6 heteroatoms. The topological polar surface area (TPSA) is 34.6 Å². The number of pyridine rings is 1. The van der Waals surface area contributed by atoms with Crippen LogP contribution in [0.1, 0.15) is 34.6 Å². The van der Waals surface area contributed by atoms with E-state index in [-0.39, 0.29) is 0 Å². The van der Waals surface area contributed by atoms with E-state index < -0.39 is 24.3 Å². The molecule has 1 aromatic heterocycles. The van der Waals surface area contributed by atoms with Crippen molar-refractivity contribution in [3.8, 4) is 0 Å². The van der Waals surface area contributed by atoms with Gasteiger partial charge in [0.05, 0.1) is 11.2 Å². The van der Waals surface area contributed by atoms with Crippen LogP contribution in [0, 0.1) is 5.95 Å². The Morgan fingerprint density at radius 1 is 1.20 bits per heavy atom. The van der Waals surface area contributed by atoms with Crippen molar-refractivity contribution in [1.82, 2.24) is 4.98 Å². The predicted octanol–water partition coefficient (Wildman–Crippen LogP) is 1.98. The number of aromatic nitrogens is 1. The summed E-state index contributed by atoms with van der Waals surface area (Å²) in [4.78, 5) is 5.86. The predicted molar refractivity (Wildman–Crippen MR) is 78.9 cm³/mol. The van der Waals surface area contributed by atoms with Crippen molar-refractivity contribution >= 4 is 18.4 Å². The van der Waals surface area contributed by atoms with Crippen LogP contribution in [-0.4, -0.2) is 36.9 Å². The number of nitrogens with zero attached hydrogens (tertiary/aromatic N) is 2. The lowest BCUT2D eigenvalue weighted by molar-refractivity contribution is 0.00578. The van der Waals surface area contributed by atoms with Crippen LogP contribution in [0.15, 0.2) is 12.1 Å². The third kappa shape index (κ3) is 2.54. The summed E-state index contributed by atoms with van der Waals surface area (Å²) in [6.45, 7) is 10.7. The zero-order valence-corrected chi connectivity index (χ0v) is 13.0. The van der Waals surface area contributed by atoms with Crippen LogP contribution in [0.3, 0.4) is 0 Å². The van der Waals surface area contributed by atoms with Gasteiger partial charge < -0.3 is 14.2 Å². The van der Waals surface area contributed by atoms with E-state index in [2.05, 4.69) is 4.98 Å². The summed E-state index contributed by atoms with van der Waals surface area (Å²) in [5.74, 6) is 0.0616. The summed E-state index contributed by atoms with van der Waals surface area (Å²) in [6.07, 6.45) is 0. The molecule has 0 aliphatic carbocycles. The number of hydrogen-bond acceptors (Lipinski definition) is 4. The molecule has 0 unspecified atom stereocenters. The highest BCUT2D eigenvalue weighted by molar-refractivity contribution is 6.63. The van der Waals surface area contributed by atoms with E-state index in [1.165, 1.54) is 6.07 Å². The fourth-order valence-electron chi connectivity index (χ4n) is 2.05. The van der Waals surface area contributed by atoms with Crippen LogP contribution in [0.2, 0.25) is 0 Å². The Bertz CT molecular complexity index is 492. The Hall–Kier alpha value is -1.14. The molecular weight excluding hydrogens is 258 g/mol. The van der Waals surface area contributed by atoms with Gasteiger partial charge in [-0.15, -0.1) is 0 Å². The van der Waals surface area contributed by atoms with E-state index in [1.807, 2.05) is 46.6 Å². The van der Waals surface area contributed by atoms with Crippen molar-refractivity contribution in [2.45, 2.75) is 45.8 Å². The average Bonchev–Trinajstić information content (AvgIpc) is 2.57. The largest absolute Gasteiger partial charge is 0.498 e. The lowest BCUT2D eigenvalue weighted by atomic mass is 9.79. The Labute approximate surface area is 120 Å². The second-order valence-corrected chi connectivity index (χ2v) is 6.15. The summed E-state index contributed by atoms with van der Waals surface area (Å²) in [5, 5.41) is 0. The molecule has 0 N–H and O–H groups in total. The Kier molecular flexibility index (Phi) is 3.82. The smallest absolute Gasteiger partial charge is 0.399 e. The van der Waals surface area contributed by atoms with E-state index in [0.29, 0.717) is 5.82 Å². The van der Waals surface area contributed by atoms with Gasteiger partial charge in [-0.25, -0.2) is 4.98 Å². The molecule has 1 saturated heterocycles. The lowest BCUT2D eigenvalue weighted by Gasteiger charge is -2.32. The van der Waals surface area contributed by atoms with Gasteiger partial charge in [0, 0.05) is 19.1 Å². The maximum Gasteiger partial charge on any atom is 0.498 e. The second kappa shape index (κ2) is 5.00. The first-order chi connectivity index (χ1) is 9.18. The highest BCUT2D eigenvalue weighted by Crippen LogP contribution is 2.37. The van der Waals surface area contributed by atoms with Crippen molar-refractivity contribution in [2.24, 2.45) is 0 Å². The number of rotatable bonds is 3. The molecule has 0 bridgehead atoms. The number of halogens is 1. The second-order valence-electron chi connectivity index (χ2n) is 6.15. The summed E-state index contributed by atoms with van der Waals surface area (Å²) in [5.41, 5.74) is -0.0863. The summed E-state index contributed by atoms with van der Waals surface area (Å²) in [6, 6.07) is 3.03. The molecule has 110 valence electrons. The normalized spacial score (nSPS) is 20.2. The van der Waals surface area contributed by atoms with E-state index in [0.717, 1.165) is 12.0 Å². The number of anilines is 1. The average molecular weight is 280 g/mol. The van der Waals surface area contributed by atoms with Gasteiger partial charge in [0.25, 0.3) is 0 Å². The quantitative estimate of drug-likeness (QED) is 0.626. The molecule has 0 spiro atoms. The van der Waals surface area contributed by atoms with Gasteiger partial charge in [0.1, 0.15) is 5.82 Å². The summed E-state index contributed by atoms with van der Waals surface area (Å²) in [7, 11) is 1.34. The molecule has 1 aliphatic heterocycles. The van der Waals surface area contributed by atoms with E-state index in [1.54, 1.807) is 6.07 Å². The van der Waals surface area contributed by atoms with Gasteiger partial charge in [-0.3, -0.25) is 0 Å². The maximum absolute atomic E-state index is 13.4. The van der Waals surface area contributed by atoms with Gasteiger partial charge in [-0.05, 0) is 40.7 Å². The standard InChI is InChI=1S/C14H22BFN2O2/c1-7-18(6)12-10(8-9-11(16)17-12)15-19-13(2,3)14(4,5)20-15/h8-9H,7H2,1-6H3. The molecule has 2 rings (SSSR count). The zero-order valence-electron chi connectivity index (χ0n) is 13.0. The first-order valence-electron chi connectivity index (χ1n) is 6.91. The molecule has 0 aromatic carbocycles. The Morgan fingerprint density at radius 3 is 2.25 bits per heavy atom. The summed E-state index contributed by atoms with van der Waals surface area (Å²) < 4.78 is 25.4. The first-order valence-corrected chi connectivity index (χ1v) is 6.91. The SMILES string of the molecule is CCN(C)c1nc(F)ccc1B1OC(C)(C)C(C)(C)O1. The van der Waals surface area contributed by atoms with Crippen LogP contribution in [-0.2, 0) is 9.31 Å². The fourth-order valence-corrected chi connectivity index (χ4v) is 2.05. The van der Waals surface area contributed by atoms with Gasteiger partial charge in [-0.1, -0.05) is 6.07 Å². The highest BCUT2D eigenvalue weighted by atomic mass is 19.1. The zero-order chi connectivity index (χ0) is 15.1. The van der Waals surface area contributed by atoms with Gasteiger partial charge in [0.2, 0.25) is 5.95 Å². The van der Waals surface area contributed by atoms with Gasteiger partial charge >= 0.3 is 7.12 Å². The molecule has 1 fully saturated rings. The maximum atomic E-state index is 13.4. The van der Waals surface area contributed by atoms with Crippen molar-refractivity contribution in [2.75, 3.05) is 18.5 Å². The molecular formula is C14H22BFN2O2. The lowest BCUT2D eigenvalue weighted by Crippen LogP contribution is -2.41. The molecule has 0 saturated carbocycles. The third-order valence-electron chi connectivity index (χ3n) is 4.21. The molecule has 4 nitrogen and oxygen atoms in total. The Balaban J connectivity index is 2.40. The molecule has 20 heavy (non-hydrogen) atoms. The van der Waals surface area contributed by atoms with Gasteiger partial charge in [-0.2, -0.15) is 4.39 Å². The minimum atomic E-state index is -0.530. The van der Waals surface area contributed by atoms with Crippen LogP contribution < -0.4 is 10.4 Å². The van der Waals surface area contributed by atoms with Crippen LogP contribution in [0.4, 0.5) is 10.2 Å². The molecule has 0 atom stereocenters. The Morgan fingerprint density at radius 2 is 1.75 bits per heavy atom. The molecule has 0 amide bonds. The van der Waals surface area contributed by atoms with E-state index >= 15 is 0 Å². The third-order valence-corrected chi connectivity index (χ3v) is 4.21. The fraction of sp³-hybridized carbons (Fsp3) is 0.643. The van der Waals surface area contributed by atoms with Crippen molar-refractivity contribution in [3.63, 3.8) is 0 Å². The highest BCUT2D eigenvalue weighted by Gasteiger charge is 2.52. The first kappa shape index (κ1) is 15.3. The van der Waals surface area contributed by atoms with Crippen LogP contribution >= 0.6 is 0 Å².